The number of amidine groups is 1. The summed E-state index contributed by atoms with van der Waals surface area (Å²) >= 11 is 12.0. The number of hydrazine groups is 1. The molecule has 5 nitrogen and oxygen atoms in total. The molecule has 1 unspecified atom stereocenters. The van der Waals surface area contributed by atoms with Crippen molar-refractivity contribution in [3.63, 3.8) is 0 Å². The Balaban J connectivity index is 1.82. The number of hydrogen-bond donors (Lipinski definition) is 1. The minimum atomic E-state index is 0.259. The Kier molecular flexibility index (Phi) is 3.94. The number of benzene rings is 1. The summed E-state index contributed by atoms with van der Waals surface area (Å²) in [6, 6.07) is 7.30. The third-order valence-corrected chi connectivity index (χ3v) is 3.93. The van der Waals surface area contributed by atoms with Crippen molar-refractivity contribution in [2.75, 3.05) is 11.6 Å². The molecule has 1 fully saturated rings. The molecule has 108 valence electrons. The molecule has 1 aliphatic rings. The molecule has 2 heterocycles. The molecule has 1 aromatic carbocycles. The molecular formula is C14H13Cl2N5. The van der Waals surface area contributed by atoms with Crippen LogP contribution in [-0.2, 0) is 0 Å². The van der Waals surface area contributed by atoms with Gasteiger partial charge in [-0.1, -0.05) is 30.1 Å². The molecule has 0 spiro atoms. The Morgan fingerprint density at radius 2 is 2.14 bits per heavy atom. The minimum absolute atomic E-state index is 0.259. The van der Waals surface area contributed by atoms with E-state index in [0.717, 1.165) is 18.1 Å². The van der Waals surface area contributed by atoms with E-state index < -0.39 is 0 Å². The highest BCUT2D eigenvalue weighted by molar-refractivity contribution is 6.42. The molecule has 0 amide bonds. The SMILES string of the molecule is CC1CN(c2ccc(Cl)c(Cl)c2)NC1=Nc1ccncn1. The van der Waals surface area contributed by atoms with Crippen LogP contribution in [0.3, 0.4) is 0 Å². The Morgan fingerprint density at radius 3 is 2.86 bits per heavy atom. The molecule has 7 heteroatoms. The second kappa shape index (κ2) is 5.87. The number of aromatic nitrogens is 2. The molecule has 1 N–H and O–H groups in total. The summed E-state index contributed by atoms with van der Waals surface area (Å²) in [5.41, 5.74) is 4.22. The van der Waals surface area contributed by atoms with Gasteiger partial charge in [0, 0.05) is 24.7 Å². The monoisotopic (exact) mass is 321 g/mol. The van der Waals surface area contributed by atoms with Crippen molar-refractivity contribution in [1.29, 1.82) is 0 Å². The smallest absolute Gasteiger partial charge is 0.157 e. The lowest BCUT2D eigenvalue weighted by Crippen LogP contribution is -2.33. The number of nitrogens with zero attached hydrogens (tertiary/aromatic N) is 4. The van der Waals surface area contributed by atoms with E-state index in [0.29, 0.717) is 15.9 Å². The normalized spacial score (nSPS) is 19.9. The first-order valence-corrected chi connectivity index (χ1v) is 7.23. The highest BCUT2D eigenvalue weighted by Gasteiger charge is 2.25. The van der Waals surface area contributed by atoms with Crippen LogP contribution < -0.4 is 10.4 Å². The fraction of sp³-hybridized carbons (Fsp3) is 0.214. The van der Waals surface area contributed by atoms with Crippen LogP contribution in [0.4, 0.5) is 11.5 Å². The van der Waals surface area contributed by atoms with Crippen LogP contribution in [0.2, 0.25) is 10.0 Å². The van der Waals surface area contributed by atoms with Gasteiger partial charge in [-0.3, -0.25) is 10.4 Å². The average molecular weight is 322 g/mol. The molecule has 0 radical (unpaired) electrons. The van der Waals surface area contributed by atoms with Gasteiger partial charge in [-0.05, 0) is 18.2 Å². The van der Waals surface area contributed by atoms with E-state index in [4.69, 9.17) is 23.2 Å². The zero-order valence-electron chi connectivity index (χ0n) is 11.3. The van der Waals surface area contributed by atoms with Gasteiger partial charge >= 0.3 is 0 Å². The summed E-state index contributed by atoms with van der Waals surface area (Å²) in [6.45, 7) is 2.90. The first kappa shape index (κ1) is 14.1. The Hall–Kier alpha value is -1.85. The summed E-state index contributed by atoms with van der Waals surface area (Å²) in [7, 11) is 0. The van der Waals surface area contributed by atoms with Gasteiger partial charge in [-0.25, -0.2) is 15.0 Å². The van der Waals surface area contributed by atoms with E-state index in [1.54, 1.807) is 18.3 Å². The highest BCUT2D eigenvalue weighted by atomic mass is 35.5. The molecule has 1 aliphatic heterocycles. The topological polar surface area (TPSA) is 53.4 Å². The van der Waals surface area contributed by atoms with Crippen molar-refractivity contribution in [1.82, 2.24) is 15.4 Å². The first-order valence-electron chi connectivity index (χ1n) is 6.47. The van der Waals surface area contributed by atoms with Gasteiger partial charge in [-0.2, -0.15) is 0 Å². The minimum Gasteiger partial charge on any atom is -0.286 e. The number of nitrogens with one attached hydrogen (secondary N) is 1. The Bertz CT molecular complexity index is 674. The fourth-order valence-electron chi connectivity index (χ4n) is 2.09. The molecule has 0 bridgehead atoms. The van der Waals surface area contributed by atoms with E-state index in [2.05, 4.69) is 27.3 Å². The van der Waals surface area contributed by atoms with Crippen LogP contribution >= 0.6 is 23.2 Å². The molecule has 3 rings (SSSR count). The third kappa shape index (κ3) is 3.09. The molecule has 1 aromatic heterocycles. The van der Waals surface area contributed by atoms with Crippen LogP contribution in [0.15, 0.2) is 41.8 Å². The summed E-state index contributed by atoms with van der Waals surface area (Å²) in [5.74, 6) is 1.75. The summed E-state index contributed by atoms with van der Waals surface area (Å²) < 4.78 is 0. The van der Waals surface area contributed by atoms with E-state index in [9.17, 15) is 0 Å². The summed E-state index contributed by atoms with van der Waals surface area (Å²) in [6.07, 6.45) is 3.15. The van der Waals surface area contributed by atoms with Crippen LogP contribution in [0.1, 0.15) is 6.92 Å². The maximum Gasteiger partial charge on any atom is 0.157 e. The van der Waals surface area contributed by atoms with Crippen LogP contribution in [0.25, 0.3) is 0 Å². The highest BCUT2D eigenvalue weighted by Crippen LogP contribution is 2.28. The summed E-state index contributed by atoms with van der Waals surface area (Å²) in [5, 5.41) is 3.07. The lowest BCUT2D eigenvalue weighted by atomic mass is 10.2. The molecule has 1 atom stereocenters. The Morgan fingerprint density at radius 1 is 1.29 bits per heavy atom. The molecular weight excluding hydrogens is 309 g/mol. The first-order chi connectivity index (χ1) is 10.1. The predicted octanol–water partition coefficient (Wildman–Crippen LogP) is 3.47. The van der Waals surface area contributed by atoms with Crippen LogP contribution in [0.5, 0.6) is 0 Å². The van der Waals surface area contributed by atoms with Crippen molar-refractivity contribution in [2.45, 2.75) is 6.92 Å². The van der Waals surface area contributed by atoms with Crippen molar-refractivity contribution < 1.29 is 0 Å². The van der Waals surface area contributed by atoms with Crippen LogP contribution in [-0.4, -0.2) is 22.3 Å². The van der Waals surface area contributed by atoms with Gasteiger partial charge in [0.2, 0.25) is 0 Å². The Labute approximate surface area is 132 Å². The van der Waals surface area contributed by atoms with Gasteiger partial charge in [-0.15, -0.1) is 0 Å². The molecule has 0 saturated carbocycles. The van der Waals surface area contributed by atoms with E-state index >= 15 is 0 Å². The average Bonchev–Trinajstić information content (AvgIpc) is 2.84. The number of halogens is 2. The molecule has 1 saturated heterocycles. The second-order valence-corrected chi connectivity index (χ2v) is 5.60. The van der Waals surface area contributed by atoms with Crippen molar-refractivity contribution in [2.24, 2.45) is 10.9 Å². The van der Waals surface area contributed by atoms with E-state index in [1.807, 2.05) is 17.1 Å². The molecule has 21 heavy (non-hydrogen) atoms. The summed E-state index contributed by atoms with van der Waals surface area (Å²) in [4.78, 5) is 12.5. The van der Waals surface area contributed by atoms with Crippen molar-refractivity contribution >= 4 is 40.5 Å². The maximum absolute atomic E-state index is 6.06. The van der Waals surface area contributed by atoms with Crippen molar-refractivity contribution in [3.05, 3.63) is 46.8 Å². The van der Waals surface area contributed by atoms with Gasteiger partial charge < -0.3 is 0 Å². The van der Waals surface area contributed by atoms with Gasteiger partial charge in [0.1, 0.15) is 12.2 Å². The van der Waals surface area contributed by atoms with E-state index in [1.165, 1.54) is 6.33 Å². The molecule has 0 aliphatic carbocycles. The number of aliphatic imine (C=N–C) groups is 1. The predicted molar refractivity (Wildman–Crippen MR) is 85.2 cm³/mol. The second-order valence-electron chi connectivity index (χ2n) is 4.79. The maximum atomic E-state index is 6.06. The third-order valence-electron chi connectivity index (χ3n) is 3.19. The van der Waals surface area contributed by atoms with E-state index in [-0.39, 0.29) is 5.92 Å². The lowest BCUT2D eigenvalue weighted by Gasteiger charge is -2.18. The fourth-order valence-corrected chi connectivity index (χ4v) is 2.38. The number of anilines is 1. The van der Waals surface area contributed by atoms with Gasteiger partial charge in [0.05, 0.1) is 15.7 Å². The zero-order chi connectivity index (χ0) is 14.8. The quantitative estimate of drug-likeness (QED) is 0.920. The standard InChI is InChI=1S/C14H13Cl2N5/c1-9-7-21(10-2-3-11(15)12(16)6-10)20-14(9)19-13-4-5-17-8-18-13/h2-6,8-9H,7H2,1H3,(H,17,18,19,20). The number of hydrogen-bond acceptors (Lipinski definition) is 4. The molecule has 2 aromatic rings. The largest absolute Gasteiger partial charge is 0.286 e. The lowest BCUT2D eigenvalue weighted by molar-refractivity contribution is 0.773. The van der Waals surface area contributed by atoms with Crippen LogP contribution in [0, 0.1) is 5.92 Å². The van der Waals surface area contributed by atoms with Gasteiger partial charge in [0.15, 0.2) is 5.82 Å². The van der Waals surface area contributed by atoms with Gasteiger partial charge in [0.25, 0.3) is 0 Å². The number of rotatable bonds is 2. The zero-order valence-corrected chi connectivity index (χ0v) is 12.8. The van der Waals surface area contributed by atoms with Crippen molar-refractivity contribution in [3.8, 4) is 0 Å².